The van der Waals surface area contributed by atoms with Crippen molar-refractivity contribution >= 4 is 62.3 Å². The van der Waals surface area contributed by atoms with Crippen LogP contribution in [-0.4, -0.2) is 44.3 Å². The van der Waals surface area contributed by atoms with Crippen molar-refractivity contribution in [3.8, 4) is 0 Å². The van der Waals surface area contributed by atoms with Gasteiger partial charge in [0.2, 0.25) is 11.8 Å². The zero-order valence-electron chi connectivity index (χ0n) is 22.0. The van der Waals surface area contributed by atoms with Crippen LogP contribution < -0.4 is 9.62 Å². The highest BCUT2D eigenvalue weighted by molar-refractivity contribution is 7.92. The van der Waals surface area contributed by atoms with E-state index in [-0.39, 0.29) is 23.0 Å². The van der Waals surface area contributed by atoms with Crippen LogP contribution in [0.1, 0.15) is 30.5 Å². The Labute approximate surface area is 244 Å². The Morgan fingerprint density at radius 2 is 1.59 bits per heavy atom. The molecule has 3 aromatic carbocycles. The van der Waals surface area contributed by atoms with E-state index in [0.717, 1.165) is 9.87 Å². The molecular formula is C28H30Cl3N3O4S. The number of likely N-dealkylation sites (N-methyl/N-ethyl adjacent to an activating group) is 1. The number of nitrogens with zero attached hydrogens (tertiary/aromatic N) is 2. The molecule has 0 radical (unpaired) electrons. The number of rotatable bonds is 10. The molecule has 3 rings (SSSR count). The first-order valence-corrected chi connectivity index (χ1v) is 14.8. The SMILES string of the molecule is CCNC(=O)C(C)N(Cc1ccc(Cl)c(Cl)c1)C(=O)CN(c1cccc(Cl)c1C)S(=O)(=O)c1ccc(C)cc1. The first kappa shape index (κ1) is 30.8. The lowest BCUT2D eigenvalue weighted by Crippen LogP contribution is -2.51. The minimum absolute atomic E-state index is 0.000963. The molecule has 11 heteroatoms. The van der Waals surface area contributed by atoms with Gasteiger partial charge in [-0.1, -0.05) is 64.6 Å². The highest BCUT2D eigenvalue weighted by atomic mass is 35.5. The van der Waals surface area contributed by atoms with Crippen LogP contribution in [0.3, 0.4) is 0 Å². The summed E-state index contributed by atoms with van der Waals surface area (Å²) >= 11 is 18.6. The number of carbonyl (C=O) groups is 2. The van der Waals surface area contributed by atoms with E-state index in [1.165, 1.54) is 17.0 Å². The topological polar surface area (TPSA) is 86.8 Å². The van der Waals surface area contributed by atoms with Gasteiger partial charge in [0, 0.05) is 18.1 Å². The maximum atomic E-state index is 13.9. The first-order chi connectivity index (χ1) is 18.4. The largest absolute Gasteiger partial charge is 0.355 e. The molecule has 39 heavy (non-hydrogen) atoms. The van der Waals surface area contributed by atoms with Crippen molar-refractivity contribution in [3.63, 3.8) is 0 Å². The molecule has 0 aliphatic carbocycles. The number of nitrogens with one attached hydrogen (secondary N) is 1. The van der Waals surface area contributed by atoms with Crippen LogP contribution >= 0.6 is 34.8 Å². The molecular weight excluding hydrogens is 581 g/mol. The molecule has 2 amide bonds. The van der Waals surface area contributed by atoms with Crippen LogP contribution in [0.5, 0.6) is 0 Å². The molecule has 0 aliphatic heterocycles. The summed E-state index contributed by atoms with van der Waals surface area (Å²) in [5.41, 5.74) is 2.27. The molecule has 3 aromatic rings. The molecule has 1 unspecified atom stereocenters. The van der Waals surface area contributed by atoms with Crippen molar-refractivity contribution in [2.75, 3.05) is 17.4 Å². The summed E-state index contributed by atoms with van der Waals surface area (Å²) in [6, 6.07) is 15.2. The van der Waals surface area contributed by atoms with E-state index in [4.69, 9.17) is 34.8 Å². The van der Waals surface area contributed by atoms with Crippen LogP contribution in [-0.2, 0) is 26.2 Å². The van der Waals surface area contributed by atoms with Crippen LogP contribution in [0.15, 0.2) is 65.6 Å². The zero-order chi connectivity index (χ0) is 28.9. The summed E-state index contributed by atoms with van der Waals surface area (Å²) in [6.07, 6.45) is 0. The van der Waals surface area contributed by atoms with Crippen molar-refractivity contribution in [2.24, 2.45) is 0 Å². The molecule has 0 fully saturated rings. The van der Waals surface area contributed by atoms with E-state index in [1.807, 2.05) is 6.92 Å². The molecule has 0 heterocycles. The number of hydrogen-bond acceptors (Lipinski definition) is 4. The summed E-state index contributed by atoms with van der Waals surface area (Å²) in [5, 5.41) is 3.72. The van der Waals surface area contributed by atoms with Crippen LogP contribution in [0.25, 0.3) is 0 Å². The molecule has 0 saturated carbocycles. The van der Waals surface area contributed by atoms with Gasteiger partial charge in [-0.15, -0.1) is 0 Å². The van der Waals surface area contributed by atoms with E-state index in [0.29, 0.717) is 32.7 Å². The smallest absolute Gasteiger partial charge is 0.264 e. The Balaban J connectivity index is 2.08. The number of aryl methyl sites for hydroxylation is 1. The van der Waals surface area contributed by atoms with Gasteiger partial charge in [0.1, 0.15) is 12.6 Å². The van der Waals surface area contributed by atoms with Gasteiger partial charge in [-0.25, -0.2) is 8.42 Å². The molecule has 0 saturated heterocycles. The van der Waals surface area contributed by atoms with E-state index in [1.54, 1.807) is 69.3 Å². The van der Waals surface area contributed by atoms with Gasteiger partial charge < -0.3 is 10.2 Å². The lowest BCUT2D eigenvalue weighted by Gasteiger charge is -2.32. The average Bonchev–Trinajstić information content (AvgIpc) is 2.89. The molecule has 208 valence electrons. The number of benzene rings is 3. The van der Waals surface area contributed by atoms with Gasteiger partial charge in [-0.2, -0.15) is 0 Å². The first-order valence-electron chi connectivity index (χ1n) is 12.2. The quantitative estimate of drug-likeness (QED) is 0.305. The molecule has 1 N–H and O–H groups in total. The predicted octanol–water partition coefficient (Wildman–Crippen LogP) is 6.01. The molecule has 0 spiro atoms. The van der Waals surface area contributed by atoms with Gasteiger partial charge in [-0.05, 0) is 75.2 Å². The second-order valence-corrected chi connectivity index (χ2v) is 12.1. The Hall–Kier alpha value is -2.78. The fourth-order valence-corrected chi connectivity index (χ4v) is 5.92. The fourth-order valence-electron chi connectivity index (χ4n) is 3.96. The Kier molecular flexibility index (Phi) is 10.3. The van der Waals surface area contributed by atoms with Crippen LogP contribution in [0.2, 0.25) is 15.1 Å². The lowest BCUT2D eigenvalue weighted by molar-refractivity contribution is -0.139. The molecule has 7 nitrogen and oxygen atoms in total. The normalized spacial score (nSPS) is 12.1. The number of carbonyl (C=O) groups excluding carboxylic acids is 2. The molecule has 0 bridgehead atoms. The summed E-state index contributed by atoms with van der Waals surface area (Å²) in [6.45, 7) is 6.70. The van der Waals surface area contributed by atoms with Crippen molar-refractivity contribution < 1.29 is 18.0 Å². The third-order valence-corrected chi connectivity index (χ3v) is 9.17. The van der Waals surface area contributed by atoms with E-state index < -0.39 is 28.5 Å². The maximum absolute atomic E-state index is 13.9. The Morgan fingerprint density at radius 1 is 0.923 bits per heavy atom. The predicted molar refractivity (Wildman–Crippen MR) is 157 cm³/mol. The number of amides is 2. The Morgan fingerprint density at radius 3 is 2.21 bits per heavy atom. The molecule has 1 atom stereocenters. The second-order valence-electron chi connectivity index (χ2n) is 9.05. The Bertz CT molecular complexity index is 1460. The van der Waals surface area contributed by atoms with Crippen LogP contribution in [0.4, 0.5) is 5.69 Å². The highest BCUT2D eigenvalue weighted by Gasteiger charge is 2.33. The molecule has 0 aromatic heterocycles. The zero-order valence-corrected chi connectivity index (χ0v) is 25.1. The van der Waals surface area contributed by atoms with Crippen molar-refractivity contribution in [3.05, 3.63) is 92.4 Å². The van der Waals surface area contributed by atoms with E-state index >= 15 is 0 Å². The van der Waals surface area contributed by atoms with Gasteiger partial charge in [-0.3, -0.25) is 13.9 Å². The van der Waals surface area contributed by atoms with Crippen LogP contribution in [0, 0.1) is 13.8 Å². The van der Waals surface area contributed by atoms with E-state index in [9.17, 15) is 18.0 Å². The third kappa shape index (κ3) is 7.25. The number of hydrogen-bond donors (Lipinski definition) is 1. The number of anilines is 1. The average molecular weight is 611 g/mol. The minimum Gasteiger partial charge on any atom is -0.355 e. The van der Waals surface area contributed by atoms with E-state index in [2.05, 4.69) is 5.32 Å². The van der Waals surface area contributed by atoms with Crippen molar-refractivity contribution in [2.45, 2.75) is 45.2 Å². The lowest BCUT2D eigenvalue weighted by atomic mass is 10.1. The molecule has 0 aliphatic rings. The van der Waals surface area contributed by atoms with Crippen molar-refractivity contribution in [1.82, 2.24) is 10.2 Å². The highest BCUT2D eigenvalue weighted by Crippen LogP contribution is 2.31. The summed E-state index contributed by atoms with van der Waals surface area (Å²) in [7, 11) is -4.19. The maximum Gasteiger partial charge on any atom is 0.264 e. The summed E-state index contributed by atoms with van der Waals surface area (Å²) < 4.78 is 28.9. The fraction of sp³-hybridized carbons (Fsp3) is 0.286. The van der Waals surface area contributed by atoms with Gasteiger partial charge >= 0.3 is 0 Å². The number of sulfonamides is 1. The summed E-state index contributed by atoms with van der Waals surface area (Å²) in [5.74, 6) is -0.965. The standard InChI is InChI=1S/C28H30Cl3N3O4S/c1-5-32-28(36)20(4)33(16-21-11-14-24(30)25(31)15-21)27(35)17-34(26-8-6-7-23(29)19(26)3)39(37,38)22-12-9-18(2)10-13-22/h6-15,20H,5,16-17H2,1-4H3,(H,32,36). The van der Waals surface area contributed by atoms with Crippen molar-refractivity contribution in [1.29, 1.82) is 0 Å². The second kappa shape index (κ2) is 13.0. The van der Waals surface area contributed by atoms with Gasteiger partial charge in [0.15, 0.2) is 0 Å². The monoisotopic (exact) mass is 609 g/mol. The summed E-state index contributed by atoms with van der Waals surface area (Å²) in [4.78, 5) is 28.1. The van der Waals surface area contributed by atoms with Gasteiger partial charge in [0.05, 0.1) is 20.6 Å². The number of halogens is 3. The minimum atomic E-state index is -4.19. The third-order valence-electron chi connectivity index (χ3n) is 6.25. The van der Waals surface area contributed by atoms with Gasteiger partial charge in [0.25, 0.3) is 10.0 Å².